The monoisotopic (exact) mass is 359 g/mol. The Bertz CT molecular complexity index is 438. The molecule has 3 atom stereocenters. The summed E-state index contributed by atoms with van der Waals surface area (Å²) in [6, 6.07) is 2.64. The van der Waals surface area contributed by atoms with Crippen LogP contribution in [0.2, 0.25) is 0 Å². The molecule has 1 aromatic rings. The summed E-state index contributed by atoms with van der Waals surface area (Å²) in [6.45, 7) is 5.73. The Labute approximate surface area is 118 Å². The van der Waals surface area contributed by atoms with Crippen molar-refractivity contribution in [2.24, 2.45) is 11.8 Å². The van der Waals surface area contributed by atoms with E-state index < -0.39 is 0 Å². The zero-order valence-electron chi connectivity index (χ0n) is 9.66. The molecule has 0 aliphatic carbocycles. The molecular weight excluding hydrogens is 346 g/mol. The van der Waals surface area contributed by atoms with Crippen LogP contribution >= 0.6 is 31.9 Å². The number of aromatic nitrogens is 1. The standard InChI is InChI=1S/C12H15Br2N3/c1-7-10-5-15-3-8(10)6-17(7)12-11(14)2-9(13)4-16-12/h2,4,7-8,10,15H,3,5-6H2,1H3. The van der Waals surface area contributed by atoms with Gasteiger partial charge in [0.1, 0.15) is 5.82 Å². The summed E-state index contributed by atoms with van der Waals surface area (Å²) in [7, 11) is 0. The molecule has 0 aromatic carbocycles. The predicted octanol–water partition coefficient (Wildman–Crippen LogP) is 2.65. The molecular formula is C12H15Br2N3. The van der Waals surface area contributed by atoms with E-state index in [9.17, 15) is 0 Å². The molecule has 0 bridgehead atoms. The molecule has 0 spiro atoms. The van der Waals surface area contributed by atoms with Gasteiger partial charge in [0.2, 0.25) is 0 Å². The average Bonchev–Trinajstić information content (AvgIpc) is 2.83. The van der Waals surface area contributed by atoms with Crippen LogP contribution in [0.5, 0.6) is 0 Å². The zero-order valence-corrected chi connectivity index (χ0v) is 12.8. The Morgan fingerprint density at radius 1 is 1.41 bits per heavy atom. The summed E-state index contributed by atoms with van der Waals surface area (Å²) in [5.74, 6) is 2.63. The molecule has 2 aliphatic heterocycles. The SMILES string of the molecule is CC1C2CNCC2CN1c1ncc(Br)cc1Br. The Kier molecular flexibility index (Phi) is 3.17. The van der Waals surface area contributed by atoms with Gasteiger partial charge in [0.05, 0.1) is 4.47 Å². The van der Waals surface area contributed by atoms with Crippen molar-refractivity contribution < 1.29 is 0 Å². The molecule has 3 nitrogen and oxygen atoms in total. The van der Waals surface area contributed by atoms with Crippen molar-refractivity contribution >= 4 is 37.7 Å². The van der Waals surface area contributed by atoms with Gasteiger partial charge in [-0.05, 0) is 56.7 Å². The number of fused-ring (bicyclic) bond motifs is 1. The highest BCUT2D eigenvalue weighted by Crippen LogP contribution is 2.38. The maximum Gasteiger partial charge on any atom is 0.143 e. The Balaban J connectivity index is 1.90. The number of pyridine rings is 1. The van der Waals surface area contributed by atoms with Gasteiger partial charge in [0.25, 0.3) is 0 Å². The van der Waals surface area contributed by atoms with E-state index in [0.29, 0.717) is 6.04 Å². The molecule has 1 aromatic heterocycles. The van der Waals surface area contributed by atoms with E-state index in [2.05, 4.69) is 60.1 Å². The van der Waals surface area contributed by atoms with Gasteiger partial charge in [0.15, 0.2) is 0 Å². The van der Waals surface area contributed by atoms with E-state index >= 15 is 0 Å². The minimum absolute atomic E-state index is 0.569. The number of nitrogens with zero attached hydrogens (tertiary/aromatic N) is 2. The number of hydrogen-bond acceptors (Lipinski definition) is 3. The first-order chi connectivity index (χ1) is 8.16. The largest absolute Gasteiger partial charge is 0.352 e. The third kappa shape index (κ3) is 2.02. The van der Waals surface area contributed by atoms with Crippen molar-refractivity contribution in [1.29, 1.82) is 0 Å². The molecule has 0 saturated carbocycles. The maximum atomic E-state index is 4.55. The van der Waals surface area contributed by atoms with Gasteiger partial charge in [-0.2, -0.15) is 0 Å². The quantitative estimate of drug-likeness (QED) is 0.834. The lowest BCUT2D eigenvalue weighted by Gasteiger charge is -2.26. The Morgan fingerprint density at radius 3 is 2.94 bits per heavy atom. The van der Waals surface area contributed by atoms with Crippen LogP contribution in [-0.4, -0.2) is 30.7 Å². The number of anilines is 1. The fourth-order valence-corrected chi connectivity index (χ4v) is 4.28. The summed E-state index contributed by atoms with van der Waals surface area (Å²) in [5, 5.41) is 3.48. The van der Waals surface area contributed by atoms with Gasteiger partial charge in [-0.1, -0.05) is 0 Å². The molecule has 1 N–H and O–H groups in total. The summed E-state index contributed by atoms with van der Waals surface area (Å²) in [6.07, 6.45) is 1.87. The second-order valence-corrected chi connectivity index (χ2v) is 6.70. The second kappa shape index (κ2) is 4.52. The zero-order chi connectivity index (χ0) is 12.0. The lowest BCUT2D eigenvalue weighted by molar-refractivity contribution is 0.471. The minimum atomic E-state index is 0.569. The van der Waals surface area contributed by atoms with Crippen molar-refractivity contribution in [2.75, 3.05) is 24.5 Å². The second-order valence-electron chi connectivity index (χ2n) is 4.93. The molecule has 0 radical (unpaired) electrons. The molecule has 3 unspecified atom stereocenters. The normalized spacial score (nSPS) is 31.9. The fourth-order valence-electron chi connectivity index (χ4n) is 3.07. The van der Waals surface area contributed by atoms with Gasteiger partial charge in [-0.25, -0.2) is 4.98 Å². The Hall–Kier alpha value is -0.130. The van der Waals surface area contributed by atoms with E-state index in [1.165, 1.54) is 0 Å². The van der Waals surface area contributed by atoms with Crippen LogP contribution in [-0.2, 0) is 0 Å². The molecule has 2 aliphatic rings. The summed E-state index contributed by atoms with van der Waals surface area (Å²) < 4.78 is 2.09. The van der Waals surface area contributed by atoms with Crippen molar-refractivity contribution in [1.82, 2.24) is 10.3 Å². The maximum absolute atomic E-state index is 4.55. The highest BCUT2D eigenvalue weighted by Gasteiger charge is 2.42. The topological polar surface area (TPSA) is 28.2 Å². The lowest BCUT2D eigenvalue weighted by Crippen LogP contribution is -2.33. The van der Waals surface area contributed by atoms with E-state index in [1.807, 2.05) is 6.20 Å². The highest BCUT2D eigenvalue weighted by atomic mass is 79.9. The number of halogens is 2. The van der Waals surface area contributed by atoms with Crippen molar-refractivity contribution in [3.8, 4) is 0 Å². The summed E-state index contributed by atoms with van der Waals surface area (Å²) >= 11 is 7.06. The minimum Gasteiger partial charge on any atom is -0.352 e. The predicted molar refractivity (Wildman–Crippen MR) is 76.3 cm³/mol. The van der Waals surface area contributed by atoms with E-state index in [1.54, 1.807) is 0 Å². The van der Waals surface area contributed by atoms with E-state index in [4.69, 9.17) is 0 Å². The molecule has 5 heteroatoms. The molecule has 17 heavy (non-hydrogen) atoms. The van der Waals surface area contributed by atoms with Crippen LogP contribution in [0, 0.1) is 11.8 Å². The number of nitrogens with one attached hydrogen (secondary N) is 1. The van der Waals surface area contributed by atoms with Crippen LogP contribution in [0.15, 0.2) is 21.2 Å². The van der Waals surface area contributed by atoms with E-state index in [-0.39, 0.29) is 0 Å². The molecule has 2 saturated heterocycles. The Morgan fingerprint density at radius 2 is 2.24 bits per heavy atom. The van der Waals surface area contributed by atoms with Crippen molar-refractivity contribution in [3.63, 3.8) is 0 Å². The highest BCUT2D eigenvalue weighted by molar-refractivity contribution is 9.11. The fraction of sp³-hybridized carbons (Fsp3) is 0.583. The number of hydrogen-bond donors (Lipinski definition) is 1. The first-order valence-electron chi connectivity index (χ1n) is 5.95. The smallest absolute Gasteiger partial charge is 0.143 e. The van der Waals surface area contributed by atoms with Crippen LogP contribution in [0.3, 0.4) is 0 Å². The van der Waals surface area contributed by atoms with Crippen LogP contribution < -0.4 is 10.2 Å². The molecule has 3 rings (SSSR count). The van der Waals surface area contributed by atoms with Crippen molar-refractivity contribution in [3.05, 3.63) is 21.2 Å². The van der Waals surface area contributed by atoms with Crippen LogP contribution in [0.1, 0.15) is 6.92 Å². The third-order valence-corrected chi connectivity index (χ3v) is 5.01. The first kappa shape index (κ1) is 11.9. The van der Waals surface area contributed by atoms with Gasteiger partial charge >= 0.3 is 0 Å². The average molecular weight is 361 g/mol. The molecule has 3 heterocycles. The molecule has 2 fully saturated rings. The number of rotatable bonds is 1. The molecule has 92 valence electrons. The van der Waals surface area contributed by atoms with Crippen molar-refractivity contribution in [2.45, 2.75) is 13.0 Å². The van der Waals surface area contributed by atoms with Gasteiger partial charge in [-0.15, -0.1) is 0 Å². The van der Waals surface area contributed by atoms with Gasteiger partial charge in [-0.3, -0.25) is 0 Å². The van der Waals surface area contributed by atoms with Gasteiger partial charge < -0.3 is 10.2 Å². The summed E-state index contributed by atoms with van der Waals surface area (Å²) in [5.41, 5.74) is 0. The van der Waals surface area contributed by atoms with Crippen LogP contribution in [0.25, 0.3) is 0 Å². The lowest BCUT2D eigenvalue weighted by atomic mass is 9.95. The summed E-state index contributed by atoms with van der Waals surface area (Å²) in [4.78, 5) is 6.99. The third-order valence-electron chi connectivity index (χ3n) is 3.99. The van der Waals surface area contributed by atoms with Crippen LogP contribution in [0.4, 0.5) is 5.82 Å². The van der Waals surface area contributed by atoms with E-state index in [0.717, 1.165) is 46.2 Å². The van der Waals surface area contributed by atoms with Gasteiger partial charge in [0, 0.05) is 36.3 Å². The first-order valence-corrected chi connectivity index (χ1v) is 7.54. The molecule has 0 amide bonds.